The summed E-state index contributed by atoms with van der Waals surface area (Å²) in [6, 6.07) is 82.0. The molecule has 2 aliphatic carbocycles. The lowest BCUT2D eigenvalue weighted by molar-refractivity contribution is 0.669. The van der Waals surface area contributed by atoms with Crippen molar-refractivity contribution in [2.24, 2.45) is 0 Å². The third-order valence-corrected chi connectivity index (χ3v) is 13.8. The second-order valence-electron chi connectivity index (χ2n) is 17.2. The molecule has 13 rings (SSSR count). The zero-order valence-electron chi connectivity index (χ0n) is 35.1. The molecule has 0 N–H and O–H groups in total. The van der Waals surface area contributed by atoms with Crippen molar-refractivity contribution in [1.29, 1.82) is 0 Å². The van der Waals surface area contributed by atoms with Gasteiger partial charge >= 0.3 is 0 Å². The van der Waals surface area contributed by atoms with Crippen LogP contribution < -0.4 is 4.90 Å². The van der Waals surface area contributed by atoms with Gasteiger partial charge in [-0.3, -0.25) is 0 Å². The second-order valence-corrected chi connectivity index (χ2v) is 17.2. The highest BCUT2D eigenvalue weighted by Gasteiger charge is 2.46. The topological polar surface area (TPSA) is 21.3 Å². The Balaban J connectivity index is 0.961. The Bertz CT molecular complexity index is 3540. The standard InChI is InChI=1S/C61H42N2O/c1-4-16-43(17-5-1)61(44-18-6-2-7-19-44)55-25-13-10-22-49(55)50-35-33-47(39-56(50)61)62(48-34-36-53-52-24-12-15-27-59(52)64-60(53)40-48)46-31-28-41(29-32-46)42-30-37-58-54(38-42)51-23-11-14-26-57(51)63(58)45-20-8-3-9-21-45/h1-37,39-40,42H,38H2. The Kier molecular flexibility index (Phi) is 8.26. The molecule has 1 unspecified atom stereocenters. The lowest BCUT2D eigenvalue weighted by Gasteiger charge is -2.35. The SMILES string of the molecule is C1=CC(c2ccc(N(c3ccc4c(c3)C(c3ccccc3)(c3ccccc3)c3ccccc3-4)c3ccc4c(c3)oc3ccccc34)cc2)Cc2c1n(-c1ccccc1)c1ccccc21. The van der Waals surface area contributed by atoms with Gasteiger partial charge in [0.15, 0.2) is 0 Å². The lowest BCUT2D eigenvalue weighted by atomic mass is 9.67. The predicted molar refractivity (Wildman–Crippen MR) is 264 cm³/mol. The molecule has 0 amide bonds. The first kappa shape index (κ1) is 36.5. The van der Waals surface area contributed by atoms with Crippen LogP contribution in [-0.4, -0.2) is 4.57 Å². The van der Waals surface area contributed by atoms with Crippen LogP contribution in [0.4, 0.5) is 17.1 Å². The van der Waals surface area contributed by atoms with Crippen molar-refractivity contribution in [3.63, 3.8) is 0 Å². The summed E-state index contributed by atoms with van der Waals surface area (Å²) in [5.41, 5.74) is 18.5. The maximum atomic E-state index is 6.53. The number of benzene rings is 9. The largest absolute Gasteiger partial charge is 0.456 e. The van der Waals surface area contributed by atoms with Gasteiger partial charge in [0.05, 0.1) is 10.9 Å². The van der Waals surface area contributed by atoms with Gasteiger partial charge in [-0.2, -0.15) is 0 Å². The zero-order valence-corrected chi connectivity index (χ0v) is 35.1. The van der Waals surface area contributed by atoms with Gasteiger partial charge in [-0.25, -0.2) is 0 Å². The monoisotopic (exact) mass is 818 g/mol. The van der Waals surface area contributed by atoms with Crippen molar-refractivity contribution in [2.45, 2.75) is 17.8 Å². The first-order valence-electron chi connectivity index (χ1n) is 22.3. The van der Waals surface area contributed by atoms with Crippen LogP contribution in [0.3, 0.4) is 0 Å². The number of furan rings is 1. The number of allylic oxidation sites excluding steroid dienone is 1. The predicted octanol–water partition coefficient (Wildman–Crippen LogP) is 15.7. The smallest absolute Gasteiger partial charge is 0.137 e. The Morgan fingerprint density at radius 1 is 0.469 bits per heavy atom. The van der Waals surface area contributed by atoms with Crippen molar-refractivity contribution >= 4 is 56.0 Å². The quantitative estimate of drug-likeness (QED) is 0.160. The maximum absolute atomic E-state index is 6.53. The van der Waals surface area contributed by atoms with Crippen molar-refractivity contribution in [2.75, 3.05) is 4.90 Å². The molecule has 0 fully saturated rings. The number of para-hydroxylation sites is 3. The minimum Gasteiger partial charge on any atom is -0.456 e. The minimum atomic E-state index is -0.515. The van der Waals surface area contributed by atoms with Crippen LogP contribution >= 0.6 is 0 Å². The number of nitrogens with zero attached hydrogens (tertiary/aromatic N) is 2. The zero-order chi connectivity index (χ0) is 42.2. The van der Waals surface area contributed by atoms with Gasteiger partial charge in [0, 0.05) is 56.6 Å². The van der Waals surface area contributed by atoms with Crippen molar-refractivity contribution < 1.29 is 4.42 Å². The maximum Gasteiger partial charge on any atom is 0.137 e. The van der Waals surface area contributed by atoms with Gasteiger partial charge in [-0.15, -0.1) is 0 Å². The molecule has 2 aromatic heterocycles. The van der Waals surface area contributed by atoms with E-state index in [1.54, 1.807) is 0 Å². The molecular formula is C61H42N2O. The Labute approximate surface area is 372 Å². The van der Waals surface area contributed by atoms with E-state index < -0.39 is 5.41 Å². The average Bonchev–Trinajstić information content (AvgIpc) is 4.01. The van der Waals surface area contributed by atoms with E-state index in [1.165, 1.54) is 66.8 Å². The molecule has 3 heteroatoms. The number of hydrogen-bond acceptors (Lipinski definition) is 2. The normalized spacial score (nSPS) is 14.7. The van der Waals surface area contributed by atoms with Gasteiger partial charge in [-0.1, -0.05) is 164 Å². The van der Waals surface area contributed by atoms with Crippen LogP contribution in [0.15, 0.2) is 235 Å². The number of fused-ring (bicyclic) bond motifs is 9. The van der Waals surface area contributed by atoms with Crippen LogP contribution in [0.5, 0.6) is 0 Å². The van der Waals surface area contributed by atoms with E-state index in [9.17, 15) is 0 Å². The fourth-order valence-electron chi connectivity index (χ4n) is 11.0. The van der Waals surface area contributed by atoms with Crippen molar-refractivity contribution in [1.82, 2.24) is 4.57 Å². The fraction of sp³-hybridized carbons (Fsp3) is 0.0492. The molecule has 0 aliphatic heterocycles. The number of aromatic nitrogens is 1. The summed E-state index contributed by atoms with van der Waals surface area (Å²) in [7, 11) is 0. The Hall–Kier alpha value is -8.14. The molecule has 9 aromatic carbocycles. The molecule has 3 nitrogen and oxygen atoms in total. The van der Waals surface area contributed by atoms with E-state index in [2.05, 4.69) is 240 Å². The summed E-state index contributed by atoms with van der Waals surface area (Å²) in [4.78, 5) is 2.41. The summed E-state index contributed by atoms with van der Waals surface area (Å²) in [6.45, 7) is 0. The van der Waals surface area contributed by atoms with Crippen molar-refractivity contribution in [3.05, 3.63) is 270 Å². The average molecular weight is 819 g/mol. The van der Waals surface area contributed by atoms with E-state index in [0.29, 0.717) is 0 Å². The summed E-state index contributed by atoms with van der Waals surface area (Å²) < 4.78 is 8.94. The summed E-state index contributed by atoms with van der Waals surface area (Å²) in [5.74, 6) is 0.243. The van der Waals surface area contributed by atoms with Gasteiger partial charge in [0.1, 0.15) is 11.2 Å². The highest BCUT2D eigenvalue weighted by Crippen LogP contribution is 2.57. The van der Waals surface area contributed by atoms with Crippen LogP contribution in [-0.2, 0) is 11.8 Å². The molecule has 0 saturated heterocycles. The van der Waals surface area contributed by atoms with E-state index in [-0.39, 0.29) is 5.92 Å². The van der Waals surface area contributed by atoms with Crippen molar-refractivity contribution in [3.8, 4) is 16.8 Å². The first-order valence-corrected chi connectivity index (χ1v) is 22.3. The highest BCUT2D eigenvalue weighted by atomic mass is 16.3. The van der Waals surface area contributed by atoms with Crippen LogP contribution in [0.2, 0.25) is 0 Å². The first-order chi connectivity index (χ1) is 31.7. The van der Waals surface area contributed by atoms with Gasteiger partial charge in [-0.05, 0) is 118 Å². The molecule has 0 saturated carbocycles. The molecule has 11 aromatic rings. The molecular weight excluding hydrogens is 777 g/mol. The van der Waals surface area contributed by atoms with Crippen LogP contribution in [0.25, 0.3) is 55.7 Å². The summed E-state index contributed by atoms with van der Waals surface area (Å²) >= 11 is 0. The van der Waals surface area contributed by atoms with E-state index >= 15 is 0 Å². The lowest BCUT2D eigenvalue weighted by Crippen LogP contribution is -2.28. The van der Waals surface area contributed by atoms with Gasteiger partial charge < -0.3 is 13.9 Å². The summed E-state index contributed by atoms with van der Waals surface area (Å²) in [5, 5.41) is 3.56. The molecule has 64 heavy (non-hydrogen) atoms. The van der Waals surface area contributed by atoms with E-state index in [0.717, 1.165) is 45.4 Å². The van der Waals surface area contributed by atoms with Gasteiger partial charge in [0.25, 0.3) is 0 Å². The Morgan fingerprint density at radius 3 is 1.84 bits per heavy atom. The number of anilines is 3. The number of rotatable bonds is 7. The molecule has 2 heterocycles. The van der Waals surface area contributed by atoms with Gasteiger partial charge in [0.2, 0.25) is 0 Å². The minimum absolute atomic E-state index is 0.243. The highest BCUT2D eigenvalue weighted by molar-refractivity contribution is 6.06. The molecule has 1 atom stereocenters. The molecule has 302 valence electrons. The van der Waals surface area contributed by atoms with Crippen LogP contribution in [0.1, 0.15) is 45.0 Å². The summed E-state index contributed by atoms with van der Waals surface area (Å²) in [6.07, 6.45) is 5.67. The van der Waals surface area contributed by atoms with E-state index in [4.69, 9.17) is 4.42 Å². The van der Waals surface area contributed by atoms with E-state index in [1.807, 2.05) is 6.07 Å². The fourth-order valence-corrected chi connectivity index (χ4v) is 11.0. The third kappa shape index (κ3) is 5.47. The third-order valence-electron chi connectivity index (χ3n) is 13.8. The molecule has 0 spiro atoms. The Morgan fingerprint density at radius 2 is 1.06 bits per heavy atom. The molecule has 0 bridgehead atoms. The molecule has 0 radical (unpaired) electrons. The molecule has 2 aliphatic rings. The van der Waals surface area contributed by atoms with Crippen LogP contribution in [0, 0.1) is 0 Å². The number of hydrogen-bond donors (Lipinski definition) is 0. The second kappa shape index (κ2) is 14.5.